The zero-order valence-electron chi connectivity index (χ0n) is 8.30. The van der Waals surface area contributed by atoms with Gasteiger partial charge in [-0.15, -0.1) is 0 Å². The molecule has 0 radical (unpaired) electrons. The zero-order chi connectivity index (χ0) is 10.7. The van der Waals surface area contributed by atoms with E-state index >= 15 is 0 Å². The molecule has 0 bridgehead atoms. The lowest BCUT2D eigenvalue weighted by molar-refractivity contribution is 0.151. The number of hydrogen-bond donors (Lipinski definition) is 1. The number of benzene rings is 1. The summed E-state index contributed by atoms with van der Waals surface area (Å²) in [6, 6.07) is 5.52. The van der Waals surface area contributed by atoms with Crippen LogP contribution in [0, 0.1) is 5.92 Å². The fourth-order valence-corrected chi connectivity index (χ4v) is 2.24. The Labute approximate surface area is 98.2 Å². The van der Waals surface area contributed by atoms with Crippen LogP contribution in [0.4, 0.5) is 0 Å². The molecule has 1 rings (SSSR count). The van der Waals surface area contributed by atoms with E-state index in [9.17, 15) is 5.11 Å². The highest BCUT2D eigenvalue weighted by molar-refractivity contribution is 9.10. The Bertz CT molecular complexity index is 292. The Balaban J connectivity index is 2.84. The van der Waals surface area contributed by atoms with E-state index in [1.165, 1.54) is 0 Å². The summed E-state index contributed by atoms with van der Waals surface area (Å²) in [5.41, 5.74) is 0.873. The molecule has 0 amide bonds. The minimum absolute atomic E-state index is 0.426. The third kappa shape index (κ3) is 3.60. The average Bonchev–Trinajstić information content (AvgIpc) is 2.00. The number of rotatable bonds is 3. The van der Waals surface area contributed by atoms with Gasteiger partial charge in [-0.05, 0) is 36.1 Å². The summed E-state index contributed by atoms with van der Waals surface area (Å²) in [6.07, 6.45) is 0.331. The van der Waals surface area contributed by atoms with E-state index in [1.54, 1.807) is 6.07 Å². The highest BCUT2D eigenvalue weighted by atomic mass is 79.9. The molecular formula is C11H14BrClO. The molecule has 1 N–H and O–H groups in total. The van der Waals surface area contributed by atoms with E-state index in [0.717, 1.165) is 16.5 Å². The van der Waals surface area contributed by atoms with Crippen LogP contribution >= 0.6 is 27.5 Å². The largest absolute Gasteiger partial charge is 0.388 e. The van der Waals surface area contributed by atoms with Crippen LogP contribution in [0.2, 0.25) is 5.02 Å². The van der Waals surface area contributed by atoms with E-state index in [2.05, 4.69) is 29.8 Å². The second kappa shape index (κ2) is 5.15. The van der Waals surface area contributed by atoms with Gasteiger partial charge in [0.05, 0.1) is 6.10 Å². The molecule has 0 saturated heterocycles. The monoisotopic (exact) mass is 276 g/mol. The first-order valence-electron chi connectivity index (χ1n) is 4.63. The molecule has 78 valence electrons. The number of halogens is 2. The van der Waals surface area contributed by atoms with Gasteiger partial charge in [-0.25, -0.2) is 0 Å². The van der Waals surface area contributed by atoms with Gasteiger partial charge in [0.25, 0.3) is 0 Å². The quantitative estimate of drug-likeness (QED) is 0.878. The van der Waals surface area contributed by atoms with Crippen molar-refractivity contribution in [1.29, 1.82) is 0 Å². The van der Waals surface area contributed by atoms with E-state index in [1.807, 2.05) is 12.1 Å². The van der Waals surface area contributed by atoms with Crippen LogP contribution in [0.3, 0.4) is 0 Å². The first-order valence-corrected chi connectivity index (χ1v) is 5.80. The predicted octanol–water partition coefficient (Wildman–Crippen LogP) is 4.18. The van der Waals surface area contributed by atoms with Gasteiger partial charge in [0, 0.05) is 9.50 Å². The number of aliphatic hydroxyl groups excluding tert-OH is 1. The lowest BCUT2D eigenvalue weighted by atomic mass is 10.00. The van der Waals surface area contributed by atoms with Gasteiger partial charge in [-0.3, -0.25) is 0 Å². The molecule has 0 aliphatic carbocycles. The number of aliphatic hydroxyl groups is 1. The Morgan fingerprint density at radius 1 is 1.36 bits per heavy atom. The summed E-state index contributed by atoms with van der Waals surface area (Å²) >= 11 is 9.24. The van der Waals surface area contributed by atoms with E-state index < -0.39 is 6.10 Å². The molecular weight excluding hydrogens is 263 g/mol. The summed E-state index contributed by atoms with van der Waals surface area (Å²) in [5.74, 6) is 0.475. The van der Waals surface area contributed by atoms with Gasteiger partial charge in [0.15, 0.2) is 0 Å². The van der Waals surface area contributed by atoms with Gasteiger partial charge in [0.1, 0.15) is 0 Å². The molecule has 1 atom stereocenters. The second-order valence-electron chi connectivity index (χ2n) is 3.85. The first kappa shape index (κ1) is 12.0. The molecule has 0 heterocycles. The summed E-state index contributed by atoms with van der Waals surface area (Å²) < 4.78 is 0.905. The number of hydrogen-bond acceptors (Lipinski definition) is 1. The first-order chi connectivity index (χ1) is 6.49. The maximum atomic E-state index is 9.86. The van der Waals surface area contributed by atoms with Crippen molar-refractivity contribution in [1.82, 2.24) is 0 Å². The van der Waals surface area contributed by atoms with Crippen molar-refractivity contribution in [3.63, 3.8) is 0 Å². The van der Waals surface area contributed by atoms with Gasteiger partial charge < -0.3 is 5.11 Å². The molecule has 1 aromatic carbocycles. The van der Waals surface area contributed by atoms with Crippen LogP contribution in [-0.2, 0) is 0 Å². The van der Waals surface area contributed by atoms with Crippen LogP contribution in [0.1, 0.15) is 31.9 Å². The molecule has 1 unspecified atom stereocenters. The van der Waals surface area contributed by atoms with Crippen LogP contribution in [-0.4, -0.2) is 5.11 Å². The smallest absolute Gasteiger partial charge is 0.0793 e. The second-order valence-corrected chi connectivity index (χ2v) is 5.20. The summed E-state index contributed by atoms with van der Waals surface area (Å²) in [5, 5.41) is 10.5. The van der Waals surface area contributed by atoms with Crippen molar-refractivity contribution in [3.8, 4) is 0 Å². The Morgan fingerprint density at radius 2 is 2.00 bits per heavy atom. The molecule has 0 saturated carbocycles. The Kier molecular flexibility index (Phi) is 4.42. The van der Waals surface area contributed by atoms with E-state index in [-0.39, 0.29) is 0 Å². The van der Waals surface area contributed by atoms with Crippen molar-refractivity contribution in [2.75, 3.05) is 0 Å². The average molecular weight is 278 g/mol. The lowest BCUT2D eigenvalue weighted by Gasteiger charge is -2.13. The molecule has 0 spiro atoms. The molecule has 0 fully saturated rings. The van der Waals surface area contributed by atoms with Crippen LogP contribution in [0.25, 0.3) is 0 Å². The maximum Gasteiger partial charge on any atom is 0.0793 e. The Hall–Kier alpha value is -0.0500. The predicted molar refractivity (Wildman–Crippen MR) is 63.6 cm³/mol. The van der Waals surface area contributed by atoms with E-state index in [0.29, 0.717) is 10.9 Å². The molecule has 0 aliphatic heterocycles. The van der Waals surface area contributed by atoms with Crippen molar-refractivity contribution >= 4 is 27.5 Å². The van der Waals surface area contributed by atoms with Gasteiger partial charge in [-0.2, -0.15) is 0 Å². The lowest BCUT2D eigenvalue weighted by Crippen LogP contribution is -2.01. The molecule has 0 aliphatic rings. The van der Waals surface area contributed by atoms with Crippen LogP contribution < -0.4 is 0 Å². The normalized spacial score (nSPS) is 13.3. The zero-order valence-corrected chi connectivity index (χ0v) is 10.6. The highest BCUT2D eigenvalue weighted by Crippen LogP contribution is 2.27. The summed E-state index contributed by atoms with van der Waals surface area (Å²) in [6.45, 7) is 4.17. The van der Waals surface area contributed by atoms with Crippen molar-refractivity contribution < 1.29 is 5.11 Å². The van der Waals surface area contributed by atoms with Crippen LogP contribution in [0.5, 0.6) is 0 Å². The van der Waals surface area contributed by atoms with E-state index in [4.69, 9.17) is 11.6 Å². The van der Waals surface area contributed by atoms with Gasteiger partial charge in [-0.1, -0.05) is 41.4 Å². The minimum atomic E-state index is -0.426. The standard InChI is InChI=1S/C11H14BrClO/c1-7(2)3-11(14)8-4-9(12)6-10(13)5-8/h4-7,11,14H,3H2,1-2H3. The van der Waals surface area contributed by atoms with Crippen LogP contribution in [0.15, 0.2) is 22.7 Å². The molecule has 1 nitrogen and oxygen atoms in total. The van der Waals surface area contributed by atoms with Crippen molar-refractivity contribution in [2.24, 2.45) is 5.92 Å². The molecule has 1 aromatic rings. The third-order valence-electron chi connectivity index (χ3n) is 1.96. The van der Waals surface area contributed by atoms with Gasteiger partial charge in [0.2, 0.25) is 0 Å². The minimum Gasteiger partial charge on any atom is -0.388 e. The molecule has 14 heavy (non-hydrogen) atoms. The molecule has 3 heteroatoms. The third-order valence-corrected chi connectivity index (χ3v) is 2.64. The van der Waals surface area contributed by atoms with Crippen molar-refractivity contribution in [2.45, 2.75) is 26.4 Å². The SMILES string of the molecule is CC(C)CC(O)c1cc(Cl)cc(Br)c1. The van der Waals surface area contributed by atoms with Gasteiger partial charge >= 0.3 is 0 Å². The maximum absolute atomic E-state index is 9.86. The topological polar surface area (TPSA) is 20.2 Å². The fourth-order valence-electron chi connectivity index (χ4n) is 1.35. The molecule has 0 aromatic heterocycles. The fraction of sp³-hybridized carbons (Fsp3) is 0.455. The Morgan fingerprint density at radius 3 is 2.50 bits per heavy atom. The highest BCUT2D eigenvalue weighted by Gasteiger charge is 2.10. The summed E-state index contributed by atoms with van der Waals surface area (Å²) in [7, 11) is 0. The summed E-state index contributed by atoms with van der Waals surface area (Å²) in [4.78, 5) is 0. The van der Waals surface area contributed by atoms with Crippen molar-refractivity contribution in [3.05, 3.63) is 33.3 Å².